The second-order valence-corrected chi connectivity index (χ2v) is 5.36. The van der Waals surface area contributed by atoms with Gasteiger partial charge in [0, 0.05) is 12.6 Å². The van der Waals surface area contributed by atoms with Crippen LogP contribution in [0.2, 0.25) is 0 Å². The predicted octanol–water partition coefficient (Wildman–Crippen LogP) is 2.26. The third-order valence-corrected chi connectivity index (χ3v) is 2.33. The second-order valence-electron chi connectivity index (χ2n) is 5.36. The molecule has 1 saturated carbocycles. The lowest BCUT2D eigenvalue weighted by Crippen LogP contribution is -2.23. The quantitative estimate of drug-likeness (QED) is 0.871. The Hall–Kier alpha value is -1.29. The maximum Gasteiger partial charge on any atom is 0.179 e. The monoisotopic (exact) mass is 236 g/mol. The molecule has 17 heavy (non-hydrogen) atoms. The Morgan fingerprint density at radius 3 is 2.59 bits per heavy atom. The van der Waals surface area contributed by atoms with Crippen molar-refractivity contribution >= 4 is 0 Å². The van der Waals surface area contributed by atoms with Crippen LogP contribution in [-0.2, 0) is 6.54 Å². The van der Waals surface area contributed by atoms with E-state index in [4.69, 9.17) is 15.2 Å². The fourth-order valence-corrected chi connectivity index (χ4v) is 1.44. The van der Waals surface area contributed by atoms with Gasteiger partial charge in [-0.3, -0.25) is 4.98 Å². The van der Waals surface area contributed by atoms with Gasteiger partial charge in [0.25, 0.3) is 0 Å². The minimum Gasteiger partial charge on any atom is -0.485 e. The highest BCUT2D eigenvalue weighted by molar-refractivity contribution is 5.40. The van der Waals surface area contributed by atoms with Crippen molar-refractivity contribution in [3.63, 3.8) is 0 Å². The summed E-state index contributed by atoms with van der Waals surface area (Å²) in [6.45, 7) is 6.44. The van der Waals surface area contributed by atoms with E-state index in [-0.39, 0.29) is 5.60 Å². The highest BCUT2D eigenvalue weighted by atomic mass is 16.5. The summed E-state index contributed by atoms with van der Waals surface area (Å²) in [5, 5.41) is 0. The van der Waals surface area contributed by atoms with E-state index >= 15 is 0 Å². The van der Waals surface area contributed by atoms with Crippen LogP contribution in [0, 0.1) is 0 Å². The Labute approximate surface area is 102 Å². The number of ether oxygens (including phenoxy) is 2. The minimum atomic E-state index is -0.255. The van der Waals surface area contributed by atoms with Crippen LogP contribution in [0.1, 0.15) is 39.3 Å². The van der Waals surface area contributed by atoms with E-state index < -0.39 is 0 Å². The summed E-state index contributed by atoms with van der Waals surface area (Å²) in [6, 6.07) is 1.86. The van der Waals surface area contributed by atoms with E-state index in [2.05, 4.69) is 4.98 Å². The molecule has 1 aromatic rings. The first kappa shape index (κ1) is 12.2. The molecule has 0 aliphatic heterocycles. The Kier molecular flexibility index (Phi) is 3.24. The van der Waals surface area contributed by atoms with Crippen molar-refractivity contribution in [2.75, 3.05) is 0 Å². The molecule has 0 amide bonds. The summed E-state index contributed by atoms with van der Waals surface area (Å²) in [7, 11) is 0. The van der Waals surface area contributed by atoms with Crippen LogP contribution in [-0.4, -0.2) is 16.7 Å². The van der Waals surface area contributed by atoms with Crippen LogP contribution in [0.15, 0.2) is 12.3 Å². The van der Waals surface area contributed by atoms with Crippen LogP contribution in [0.3, 0.4) is 0 Å². The molecule has 0 atom stereocenters. The molecule has 0 radical (unpaired) electrons. The SMILES string of the molecule is CC(C)(C)Oc1cc(CN)ncc1OC1CC1. The summed E-state index contributed by atoms with van der Waals surface area (Å²) >= 11 is 0. The van der Waals surface area contributed by atoms with E-state index in [1.54, 1.807) is 6.20 Å². The highest BCUT2D eigenvalue weighted by Crippen LogP contribution is 2.35. The number of nitrogens with two attached hydrogens (primary N) is 1. The lowest BCUT2D eigenvalue weighted by Gasteiger charge is -2.23. The van der Waals surface area contributed by atoms with E-state index in [0.717, 1.165) is 30.0 Å². The van der Waals surface area contributed by atoms with E-state index in [9.17, 15) is 0 Å². The summed E-state index contributed by atoms with van der Waals surface area (Å²) in [6.07, 6.45) is 4.28. The van der Waals surface area contributed by atoms with Gasteiger partial charge in [0.05, 0.1) is 18.0 Å². The summed E-state index contributed by atoms with van der Waals surface area (Å²) in [4.78, 5) is 4.24. The first-order valence-corrected chi connectivity index (χ1v) is 6.02. The highest BCUT2D eigenvalue weighted by Gasteiger charge is 2.26. The maximum atomic E-state index is 5.88. The molecule has 2 rings (SSSR count). The molecule has 0 spiro atoms. The molecule has 1 aliphatic carbocycles. The topological polar surface area (TPSA) is 57.4 Å². The molecule has 0 unspecified atom stereocenters. The Morgan fingerprint density at radius 2 is 2.06 bits per heavy atom. The first-order valence-electron chi connectivity index (χ1n) is 6.02. The van der Waals surface area contributed by atoms with Gasteiger partial charge < -0.3 is 15.2 Å². The van der Waals surface area contributed by atoms with Crippen molar-refractivity contribution in [3.8, 4) is 11.5 Å². The molecule has 94 valence electrons. The smallest absolute Gasteiger partial charge is 0.179 e. The molecule has 1 heterocycles. The molecule has 1 fully saturated rings. The van der Waals surface area contributed by atoms with Crippen molar-refractivity contribution in [2.45, 2.75) is 51.9 Å². The van der Waals surface area contributed by atoms with Crippen molar-refractivity contribution in [2.24, 2.45) is 5.73 Å². The summed E-state index contributed by atoms with van der Waals surface area (Å²) < 4.78 is 11.7. The van der Waals surface area contributed by atoms with Crippen LogP contribution in [0.4, 0.5) is 0 Å². The van der Waals surface area contributed by atoms with Gasteiger partial charge in [-0.25, -0.2) is 0 Å². The van der Waals surface area contributed by atoms with Crippen molar-refractivity contribution in [1.82, 2.24) is 4.98 Å². The van der Waals surface area contributed by atoms with E-state index in [1.165, 1.54) is 0 Å². The zero-order valence-electron chi connectivity index (χ0n) is 10.7. The van der Waals surface area contributed by atoms with Gasteiger partial charge in [-0.05, 0) is 33.6 Å². The zero-order chi connectivity index (χ0) is 12.5. The Morgan fingerprint density at radius 1 is 1.35 bits per heavy atom. The van der Waals surface area contributed by atoms with Gasteiger partial charge in [0.15, 0.2) is 11.5 Å². The minimum absolute atomic E-state index is 0.255. The van der Waals surface area contributed by atoms with Gasteiger partial charge in [-0.1, -0.05) is 0 Å². The fraction of sp³-hybridized carbons (Fsp3) is 0.615. The van der Waals surface area contributed by atoms with Gasteiger partial charge in [0.1, 0.15) is 5.60 Å². The summed E-state index contributed by atoms with van der Waals surface area (Å²) in [5.41, 5.74) is 6.14. The van der Waals surface area contributed by atoms with Gasteiger partial charge in [-0.15, -0.1) is 0 Å². The first-order chi connectivity index (χ1) is 7.98. The van der Waals surface area contributed by atoms with Crippen LogP contribution >= 0.6 is 0 Å². The van der Waals surface area contributed by atoms with E-state index in [1.807, 2.05) is 26.8 Å². The lowest BCUT2D eigenvalue weighted by atomic mass is 10.2. The number of hydrogen-bond acceptors (Lipinski definition) is 4. The molecule has 0 saturated heterocycles. The van der Waals surface area contributed by atoms with E-state index in [0.29, 0.717) is 12.6 Å². The molecule has 4 heteroatoms. The standard InChI is InChI=1S/C13H20N2O2/c1-13(2,3)17-11-6-9(7-14)15-8-12(11)16-10-4-5-10/h6,8,10H,4-5,7,14H2,1-3H3. The average molecular weight is 236 g/mol. The van der Waals surface area contributed by atoms with Gasteiger partial charge in [-0.2, -0.15) is 0 Å². The Balaban J connectivity index is 2.22. The number of rotatable bonds is 4. The van der Waals surface area contributed by atoms with Crippen LogP contribution in [0.25, 0.3) is 0 Å². The molecule has 1 aliphatic rings. The van der Waals surface area contributed by atoms with Crippen LogP contribution < -0.4 is 15.2 Å². The fourth-order valence-electron chi connectivity index (χ4n) is 1.44. The third-order valence-electron chi connectivity index (χ3n) is 2.33. The van der Waals surface area contributed by atoms with Gasteiger partial charge >= 0.3 is 0 Å². The Bertz CT molecular complexity index is 395. The van der Waals surface area contributed by atoms with Crippen molar-refractivity contribution in [1.29, 1.82) is 0 Å². The number of hydrogen-bond donors (Lipinski definition) is 1. The molecule has 1 aromatic heterocycles. The number of pyridine rings is 1. The largest absolute Gasteiger partial charge is 0.485 e. The molecule has 0 aromatic carbocycles. The second kappa shape index (κ2) is 4.53. The maximum absolute atomic E-state index is 5.88. The lowest BCUT2D eigenvalue weighted by molar-refractivity contribution is 0.122. The third kappa shape index (κ3) is 3.60. The normalized spacial score (nSPS) is 15.8. The number of nitrogens with zero attached hydrogens (tertiary/aromatic N) is 1. The average Bonchev–Trinajstić information content (AvgIpc) is 3.02. The molecule has 2 N–H and O–H groups in total. The van der Waals surface area contributed by atoms with Gasteiger partial charge in [0.2, 0.25) is 0 Å². The molecule has 4 nitrogen and oxygen atoms in total. The summed E-state index contributed by atoms with van der Waals surface area (Å²) in [5.74, 6) is 1.46. The van der Waals surface area contributed by atoms with Crippen molar-refractivity contribution in [3.05, 3.63) is 18.0 Å². The molecular weight excluding hydrogens is 216 g/mol. The van der Waals surface area contributed by atoms with Crippen LogP contribution in [0.5, 0.6) is 11.5 Å². The zero-order valence-corrected chi connectivity index (χ0v) is 10.7. The van der Waals surface area contributed by atoms with Crippen molar-refractivity contribution < 1.29 is 9.47 Å². The number of aromatic nitrogens is 1. The molecule has 0 bridgehead atoms. The molecular formula is C13H20N2O2. The predicted molar refractivity (Wildman–Crippen MR) is 66.2 cm³/mol.